The summed E-state index contributed by atoms with van der Waals surface area (Å²) < 4.78 is 15.5. The van der Waals surface area contributed by atoms with Crippen molar-refractivity contribution < 1.29 is 23.8 Å². The van der Waals surface area contributed by atoms with E-state index < -0.39 is 11.9 Å². The Morgan fingerprint density at radius 1 is 1.00 bits per heavy atom. The maximum absolute atomic E-state index is 12.4. The standard InChI is InChI=1S/C21H19NO5S/c1-25-20(23)18-7-3-4-12-22(19(18)21(24)26-2)15-8-10-16(11-9-15)27-14-17-6-5-13-28-17/h3-13H,14H2,1-2H3. The highest BCUT2D eigenvalue weighted by atomic mass is 32.1. The Kier molecular flexibility index (Phi) is 6.29. The van der Waals surface area contributed by atoms with E-state index in [-0.39, 0.29) is 11.3 Å². The van der Waals surface area contributed by atoms with Crippen LogP contribution in [0.4, 0.5) is 5.69 Å². The number of benzene rings is 1. The number of nitrogens with zero attached hydrogens (tertiary/aromatic N) is 1. The van der Waals surface area contributed by atoms with Crippen LogP contribution in [-0.2, 0) is 25.7 Å². The molecule has 1 aliphatic rings. The van der Waals surface area contributed by atoms with Gasteiger partial charge in [-0.2, -0.15) is 0 Å². The summed E-state index contributed by atoms with van der Waals surface area (Å²) in [6, 6.07) is 11.2. The number of thiophene rings is 1. The molecule has 1 aliphatic heterocycles. The van der Waals surface area contributed by atoms with Crippen molar-refractivity contribution in [3.05, 3.63) is 82.4 Å². The van der Waals surface area contributed by atoms with Crippen LogP contribution in [-0.4, -0.2) is 26.2 Å². The third-order valence-electron chi connectivity index (χ3n) is 3.97. The lowest BCUT2D eigenvalue weighted by atomic mass is 10.1. The highest BCUT2D eigenvalue weighted by Gasteiger charge is 2.27. The van der Waals surface area contributed by atoms with Crippen molar-refractivity contribution in [2.45, 2.75) is 6.61 Å². The number of anilines is 1. The number of allylic oxidation sites excluding steroid dienone is 2. The minimum absolute atomic E-state index is 0.0756. The lowest BCUT2D eigenvalue weighted by Crippen LogP contribution is -2.26. The molecule has 0 N–H and O–H groups in total. The first-order chi connectivity index (χ1) is 13.6. The van der Waals surface area contributed by atoms with E-state index in [1.165, 1.54) is 20.3 Å². The number of hydrogen-bond donors (Lipinski definition) is 0. The molecule has 0 saturated carbocycles. The van der Waals surface area contributed by atoms with Gasteiger partial charge in [-0.15, -0.1) is 11.3 Å². The average Bonchev–Trinajstić information content (AvgIpc) is 3.16. The molecular formula is C21H19NO5S. The summed E-state index contributed by atoms with van der Waals surface area (Å²) in [7, 11) is 2.53. The van der Waals surface area contributed by atoms with Gasteiger partial charge in [0, 0.05) is 16.8 Å². The van der Waals surface area contributed by atoms with Crippen molar-refractivity contribution in [1.82, 2.24) is 0 Å². The summed E-state index contributed by atoms with van der Waals surface area (Å²) in [5, 5.41) is 2.00. The van der Waals surface area contributed by atoms with E-state index in [2.05, 4.69) is 0 Å². The molecule has 2 heterocycles. The maximum Gasteiger partial charge on any atom is 0.355 e. The van der Waals surface area contributed by atoms with E-state index in [9.17, 15) is 9.59 Å². The number of carbonyl (C=O) groups is 2. The minimum Gasteiger partial charge on any atom is -0.488 e. The summed E-state index contributed by atoms with van der Waals surface area (Å²) in [5.41, 5.74) is 0.856. The van der Waals surface area contributed by atoms with E-state index in [0.717, 1.165) is 4.88 Å². The molecule has 0 spiro atoms. The lowest BCUT2D eigenvalue weighted by Gasteiger charge is -2.23. The van der Waals surface area contributed by atoms with Crippen molar-refractivity contribution in [3.8, 4) is 5.75 Å². The molecule has 0 fully saturated rings. The molecule has 1 aromatic carbocycles. The van der Waals surface area contributed by atoms with Crippen molar-refractivity contribution in [3.63, 3.8) is 0 Å². The van der Waals surface area contributed by atoms with Gasteiger partial charge in [0.1, 0.15) is 18.1 Å². The number of rotatable bonds is 6. The van der Waals surface area contributed by atoms with Gasteiger partial charge >= 0.3 is 11.9 Å². The monoisotopic (exact) mass is 397 g/mol. The van der Waals surface area contributed by atoms with Crippen LogP contribution in [0.2, 0.25) is 0 Å². The summed E-state index contributed by atoms with van der Waals surface area (Å²) in [6.45, 7) is 0.490. The SMILES string of the molecule is COC(=O)C1=C(C(=O)OC)N(c2ccc(OCc3cccs3)cc2)C=CC=C1. The number of hydrogen-bond acceptors (Lipinski definition) is 7. The van der Waals surface area contributed by atoms with Gasteiger partial charge in [-0.1, -0.05) is 12.1 Å². The number of carbonyl (C=O) groups excluding carboxylic acids is 2. The number of esters is 2. The molecule has 0 saturated heterocycles. The zero-order valence-corrected chi connectivity index (χ0v) is 16.3. The molecule has 3 rings (SSSR count). The van der Waals surface area contributed by atoms with Crippen LogP contribution >= 0.6 is 11.3 Å². The van der Waals surface area contributed by atoms with Crippen molar-refractivity contribution in [2.24, 2.45) is 0 Å². The fraction of sp³-hybridized carbons (Fsp3) is 0.143. The van der Waals surface area contributed by atoms with Crippen LogP contribution in [0.3, 0.4) is 0 Å². The fourth-order valence-electron chi connectivity index (χ4n) is 2.62. The second-order valence-electron chi connectivity index (χ2n) is 5.68. The van der Waals surface area contributed by atoms with Gasteiger partial charge in [0.05, 0.1) is 19.8 Å². The van der Waals surface area contributed by atoms with Crippen LogP contribution in [0.25, 0.3) is 0 Å². The first-order valence-electron chi connectivity index (χ1n) is 8.44. The third-order valence-corrected chi connectivity index (χ3v) is 4.82. The number of ether oxygens (including phenoxy) is 3. The predicted octanol–water partition coefficient (Wildman–Crippen LogP) is 3.82. The highest BCUT2D eigenvalue weighted by molar-refractivity contribution is 7.09. The zero-order chi connectivity index (χ0) is 19.9. The Balaban J connectivity index is 1.89. The van der Waals surface area contributed by atoms with Crippen LogP contribution in [0, 0.1) is 0 Å². The number of methoxy groups -OCH3 is 2. The quantitative estimate of drug-likeness (QED) is 0.691. The summed E-state index contributed by atoms with van der Waals surface area (Å²) in [4.78, 5) is 27.3. The van der Waals surface area contributed by atoms with Gasteiger partial charge in [0.25, 0.3) is 0 Å². The van der Waals surface area contributed by atoms with E-state index in [4.69, 9.17) is 14.2 Å². The zero-order valence-electron chi connectivity index (χ0n) is 15.5. The normalized spacial score (nSPS) is 13.3. The highest BCUT2D eigenvalue weighted by Crippen LogP contribution is 2.28. The Bertz CT molecular complexity index is 926. The summed E-state index contributed by atoms with van der Waals surface area (Å²) in [5.74, 6) is -0.568. The van der Waals surface area contributed by atoms with E-state index >= 15 is 0 Å². The van der Waals surface area contributed by atoms with Gasteiger partial charge in [0.15, 0.2) is 0 Å². The Morgan fingerprint density at radius 3 is 2.39 bits per heavy atom. The van der Waals surface area contributed by atoms with Gasteiger partial charge < -0.3 is 19.1 Å². The Morgan fingerprint density at radius 2 is 1.75 bits per heavy atom. The second-order valence-corrected chi connectivity index (χ2v) is 6.71. The second kappa shape index (κ2) is 9.05. The largest absolute Gasteiger partial charge is 0.488 e. The Hall–Kier alpha value is -3.32. The fourth-order valence-corrected chi connectivity index (χ4v) is 3.23. The first-order valence-corrected chi connectivity index (χ1v) is 9.32. The molecule has 1 aromatic heterocycles. The smallest absolute Gasteiger partial charge is 0.355 e. The van der Waals surface area contributed by atoms with Crippen LogP contribution in [0.15, 0.2) is 77.5 Å². The molecule has 7 heteroatoms. The average molecular weight is 397 g/mol. The molecule has 144 valence electrons. The lowest BCUT2D eigenvalue weighted by molar-refractivity contribution is -0.139. The minimum atomic E-state index is -0.644. The van der Waals surface area contributed by atoms with Crippen molar-refractivity contribution >= 4 is 29.0 Å². The van der Waals surface area contributed by atoms with Crippen molar-refractivity contribution in [1.29, 1.82) is 0 Å². The summed E-state index contributed by atoms with van der Waals surface area (Å²) in [6.07, 6.45) is 6.58. The van der Waals surface area contributed by atoms with Crippen LogP contribution in [0.1, 0.15) is 4.88 Å². The van der Waals surface area contributed by atoms with Gasteiger partial charge in [0.2, 0.25) is 0 Å². The molecule has 0 amide bonds. The molecule has 0 atom stereocenters. The molecule has 6 nitrogen and oxygen atoms in total. The molecule has 0 unspecified atom stereocenters. The topological polar surface area (TPSA) is 65.1 Å². The molecule has 0 aliphatic carbocycles. The van der Waals surface area contributed by atoms with E-state index in [0.29, 0.717) is 18.0 Å². The van der Waals surface area contributed by atoms with Gasteiger partial charge in [-0.3, -0.25) is 0 Å². The van der Waals surface area contributed by atoms with E-state index in [1.807, 2.05) is 29.6 Å². The van der Waals surface area contributed by atoms with Crippen LogP contribution in [0.5, 0.6) is 5.75 Å². The Labute approximate surface area is 166 Å². The van der Waals surface area contributed by atoms with Gasteiger partial charge in [-0.05, 0) is 47.9 Å². The van der Waals surface area contributed by atoms with Crippen LogP contribution < -0.4 is 9.64 Å². The van der Waals surface area contributed by atoms with Crippen molar-refractivity contribution in [2.75, 3.05) is 19.1 Å². The third kappa shape index (κ3) is 4.32. The summed E-state index contributed by atoms with van der Waals surface area (Å²) >= 11 is 1.63. The molecule has 0 radical (unpaired) electrons. The molecule has 28 heavy (non-hydrogen) atoms. The maximum atomic E-state index is 12.4. The van der Waals surface area contributed by atoms with Gasteiger partial charge in [-0.25, -0.2) is 9.59 Å². The van der Waals surface area contributed by atoms with E-state index in [1.54, 1.807) is 46.7 Å². The molecular weight excluding hydrogens is 378 g/mol. The first kappa shape index (κ1) is 19.4. The molecule has 2 aromatic rings. The predicted molar refractivity (Wildman–Crippen MR) is 107 cm³/mol. The molecule has 0 bridgehead atoms.